The first-order chi connectivity index (χ1) is 9.52. The molecule has 0 aliphatic rings. The molecule has 0 fully saturated rings. The molecule has 1 aromatic heterocycles. The molecule has 1 aromatic carbocycles. The second-order valence-electron chi connectivity index (χ2n) is 5.70. The van der Waals surface area contributed by atoms with Crippen LogP contribution in [0.15, 0.2) is 24.3 Å². The molecule has 1 heterocycles. The summed E-state index contributed by atoms with van der Waals surface area (Å²) in [7, 11) is 0. The highest BCUT2D eigenvalue weighted by Gasteiger charge is 2.18. The number of fused-ring (bicyclic) bond motifs is 1. The van der Waals surface area contributed by atoms with Gasteiger partial charge < -0.3 is 10.4 Å². The van der Waals surface area contributed by atoms with Crippen LogP contribution in [-0.4, -0.2) is 28.2 Å². The molecule has 2 N–H and O–H groups in total. The zero-order valence-electron chi connectivity index (χ0n) is 11.9. The monoisotopic (exact) mass is 293 g/mol. The van der Waals surface area contributed by atoms with Crippen molar-refractivity contribution >= 4 is 28.3 Å². The first-order valence-electron chi connectivity index (χ1n) is 6.79. The van der Waals surface area contributed by atoms with E-state index in [-0.39, 0.29) is 17.3 Å². The van der Waals surface area contributed by atoms with Gasteiger partial charge in [-0.2, -0.15) is 0 Å². The van der Waals surface area contributed by atoms with Crippen molar-refractivity contribution in [2.24, 2.45) is 5.41 Å². The van der Waals surface area contributed by atoms with Gasteiger partial charge in [-0.3, -0.25) is 0 Å². The van der Waals surface area contributed by atoms with Crippen molar-refractivity contribution in [3.63, 3.8) is 0 Å². The predicted octanol–water partition coefficient (Wildman–Crippen LogP) is 3.49. The Kier molecular flexibility index (Phi) is 4.78. The molecule has 0 aliphatic carbocycles. The van der Waals surface area contributed by atoms with Crippen LogP contribution in [0.4, 0.5) is 5.82 Å². The van der Waals surface area contributed by atoms with Crippen molar-refractivity contribution in [1.82, 2.24) is 9.97 Å². The van der Waals surface area contributed by atoms with Gasteiger partial charge in [0, 0.05) is 18.5 Å². The zero-order chi connectivity index (χ0) is 14.6. The lowest BCUT2D eigenvalue weighted by Gasteiger charge is -2.25. The fraction of sp³-hybridized carbons (Fsp3) is 0.467. The summed E-state index contributed by atoms with van der Waals surface area (Å²) in [6.45, 7) is 5.33. The minimum absolute atomic E-state index is 0.0846. The smallest absolute Gasteiger partial charge is 0.224 e. The third kappa shape index (κ3) is 3.81. The molecule has 20 heavy (non-hydrogen) atoms. The van der Waals surface area contributed by atoms with Crippen LogP contribution in [-0.2, 0) is 0 Å². The summed E-state index contributed by atoms with van der Waals surface area (Å²) in [5, 5.41) is 13.5. The molecule has 2 aromatic rings. The van der Waals surface area contributed by atoms with Crippen LogP contribution in [0.25, 0.3) is 10.9 Å². The fourth-order valence-electron chi connectivity index (χ4n) is 2.15. The van der Waals surface area contributed by atoms with Crippen LogP contribution in [0.3, 0.4) is 0 Å². The highest BCUT2D eigenvalue weighted by Crippen LogP contribution is 2.26. The molecule has 0 aliphatic heterocycles. The van der Waals surface area contributed by atoms with Crippen molar-refractivity contribution in [1.29, 1.82) is 0 Å². The molecular weight excluding hydrogens is 274 g/mol. The van der Waals surface area contributed by atoms with E-state index in [9.17, 15) is 0 Å². The SMILES string of the molecule is CC(C)(CCCO)CNc1nc(Cl)nc2ccccc12. The Morgan fingerprint density at radius 3 is 2.75 bits per heavy atom. The number of nitrogens with one attached hydrogen (secondary N) is 1. The molecule has 0 unspecified atom stereocenters. The van der Waals surface area contributed by atoms with Gasteiger partial charge in [0.05, 0.1) is 5.52 Å². The topological polar surface area (TPSA) is 58.0 Å². The Morgan fingerprint density at radius 1 is 1.25 bits per heavy atom. The van der Waals surface area contributed by atoms with Crippen LogP contribution in [0.2, 0.25) is 5.28 Å². The highest BCUT2D eigenvalue weighted by molar-refractivity contribution is 6.28. The normalized spacial score (nSPS) is 11.8. The molecule has 2 rings (SSSR count). The van der Waals surface area contributed by atoms with Crippen molar-refractivity contribution in [2.45, 2.75) is 26.7 Å². The van der Waals surface area contributed by atoms with Crippen LogP contribution in [0, 0.1) is 5.41 Å². The molecule has 108 valence electrons. The van der Waals surface area contributed by atoms with Gasteiger partial charge in [-0.15, -0.1) is 0 Å². The number of aliphatic hydroxyl groups excluding tert-OH is 1. The molecule has 0 saturated carbocycles. The summed E-state index contributed by atoms with van der Waals surface area (Å²) in [6, 6.07) is 7.79. The van der Waals surface area contributed by atoms with Crippen molar-refractivity contribution in [3.8, 4) is 0 Å². The largest absolute Gasteiger partial charge is 0.396 e. The molecule has 0 radical (unpaired) electrons. The minimum atomic E-state index is 0.0846. The van der Waals surface area contributed by atoms with Gasteiger partial charge in [-0.05, 0) is 42.0 Å². The molecule has 4 nitrogen and oxygen atoms in total. The average molecular weight is 294 g/mol. The number of halogens is 1. The Balaban J connectivity index is 2.17. The summed E-state index contributed by atoms with van der Waals surface area (Å²) in [6.07, 6.45) is 1.76. The predicted molar refractivity (Wildman–Crippen MR) is 83.1 cm³/mol. The fourth-order valence-corrected chi connectivity index (χ4v) is 2.33. The maximum atomic E-state index is 8.93. The van der Waals surface area contributed by atoms with Gasteiger partial charge in [0.25, 0.3) is 0 Å². The zero-order valence-corrected chi connectivity index (χ0v) is 12.6. The van der Waals surface area contributed by atoms with E-state index in [2.05, 4.69) is 29.1 Å². The standard InChI is InChI=1S/C15H20ClN3O/c1-15(2,8-5-9-20)10-17-13-11-6-3-4-7-12(11)18-14(16)19-13/h3-4,6-7,20H,5,8-10H2,1-2H3,(H,17,18,19). The number of aromatic nitrogens is 2. The first kappa shape index (κ1) is 15.0. The number of para-hydroxylation sites is 1. The molecule has 0 spiro atoms. The quantitative estimate of drug-likeness (QED) is 0.801. The van der Waals surface area contributed by atoms with E-state index >= 15 is 0 Å². The number of anilines is 1. The average Bonchev–Trinajstić information content (AvgIpc) is 2.42. The number of hydrogen-bond acceptors (Lipinski definition) is 4. The third-order valence-corrected chi connectivity index (χ3v) is 3.49. The summed E-state index contributed by atoms with van der Waals surface area (Å²) < 4.78 is 0. The summed E-state index contributed by atoms with van der Waals surface area (Å²) >= 11 is 5.96. The van der Waals surface area contributed by atoms with Crippen LogP contribution < -0.4 is 5.32 Å². The molecule has 0 atom stereocenters. The molecular formula is C15H20ClN3O. The van der Waals surface area contributed by atoms with Crippen LogP contribution in [0.1, 0.15) is 26.7 Å². The van der Waals surface area contributed by atoms with Crippen molar-refractivity contribution in [3.05, 3.63) is 29.5 Å². The molecule has 0 saturated heterocycles. The lowest BCUT2D eigenvalue weighted by molar-refractivity contribution is 0.248. The second-order valence-corrected chi connectivity index (χ2v) is 6.04. The minimum Gasteiger partial charge on any atom is -0.396 e. The van der Waals surface area contributed by atoms with Crippen molar-refractivity contribution in [2.75, 3.05) is 18.5 Å². The van der Waals surface area contributed by atoms with E-state index in [0.29, 0.717) is 0 Å². The van der Waals surface area contributed by atoms with Gasteiger partial charge in [0.2, 0.25) is 5.28 Å². The number of aliphatic hydroxyl groups is 1. The molecule has 5 heteroatoms. The number of benzene rings is 1. The maximum absolute atomic E-state index is 8.93. The molecule has 0 amide bonds. The lowest BCUT2D eigenvalue weighted by atomic mass is 9.88. The van der Waals surface area contributed by atoms with E-state index in [1.165, 1.54) is 0 Å². The van der Waals surface area contributed by atoms with Gasteiger partial charge in [-0.25, -0.2) is 9.97 Å². The van der Waals surface area contributed by atoms with Gasteiger partial charge in [0.15, 0.2) is 0 Å². The Bertz CT molecular complexity index is 586. The third-order valence-electron chi connectivity index (χ3n) is 3.32. The van der Waals surface area contributed by atoms with E-state index in [0.717, 1.165) is 36.1 Å². The Morgan fingerprint density at radius 2 is 2.00 bits per heavy atom. The van der Waals surface area contributed by atoms with E-state index in [1.807, 2.05) is 24.3 Å². The summed E-state index contributed by atoms with van der Waals surface area (Å²) in [5.74, 6) is 0.762. The van der Waals surface area contributed by atoms with Gasteiger partial charge >= 0.3 is 0 Å². The number of nitrogens with zero attached hydrogens (tertiary/aromatic N) is 2. The number of rotatable bonds is 6. The second kappa shape index (κ2) is 6.37. The lowest BCUT2D eigenvalue weighted by Crippen LogP contribution is -2.24. The Labute approximate surface area is 124 Å². The van der Waals surface area contributed by atoms with Gasteiger partial charge in [0.1, 0.15) is 5.82 Å². The highest BCUT2D eigenvalue weighted by atomic mass is 35.5. The van der Waals surface area contributed by atoms with Gasteiger partial charge in [-0.1, -0.05) is 26.0 Å². The number of hydrogen-bond donors (Lipinski definition) is 2. The molecule has 0 bridgehead atoms. The van der Waals surface area contributed by atoms with E-state index < -0.39 is 0 Å². The van der Waals surface area contributed by atoms with Crippen molar-refractivity contribution < 1.29 is 5.11 Å². The summed E-state index contributed by atoms with van der Waals surface area (Å²) in [4.78, 5) is 8.49. The van der Waals surface area contributed by atoms with Crippen LogP contribution in [0.5, 0.6) is 0 Å². The van der Waals surface area contributed by atoms with Crippen LogP contribution >= 0.6 is 11.6 Å². The van der Waals surface area contributed by atoms with E-state index in [4.69, 9.17) is 16.7 Å². The Hall–Kier alpha value is -1.39. The van der Waals surface area contributed by atoms with E-state index in [1.54, 1.807) is 0 Å². The first-order valence-corrected chi connectivity index (χ1v) is 7.17. The maximum Gasteiger partial charge on any atom is 0.224 e. The summed E-state index contributed by atoms with van der Waals surface area (Å²) in [5.41, 5.74) is 0.921.